The van der Waals surface area contributed by atoms with Crippen LogP contribution in [0.4, 0.5) is 0 Å². The van der Waals surface area contributed by atoms with Crippen molar-refractivity contribution in [2.45, 2.75) is 24.5 Å². The highest BCUT2D eigenvalue weighted by Gasteiger charge is 2.54. The zero-order chi connectivity index (χ0) is 10.9. The molecule has 1 aliphatic heterocycles. The fourth-order valence-electron chi connectivity index (χ4n) is 2.42. The number of aliphatic carboxylic acids is 1. The first-order valence-electron chi connectivity index (χ1n) is 5.28. The smallest absolute Gasteiger partial charge is 0.324 e. The molecule has 0 aromatic rings. The van der Waals surface area contributed by atoms with Crippen LogP contribution in [0.5, 0.6) is 0 Å². The van der Waals surface area contributed by atoms with E-state index in [1.807, 2.05) is 4.90 Å². The molecule has 1 saturated heterocycles. The SMILES string of the molecule is COC1CC(C(=O)O)(N2CCOCC2)C1. The van der Waals surface area contributed by atoms with Crippen molar-refractivity contribution in [1.82, 2.24) is 4.90 Å². The summed E-state index contributed by atoms with van der Waals surface area (Å²) in [7, 11) is 1.63. The predicted molar refractivity (Wildman–Crippen MR) is 52.8 cm³/mol. The Morgan fingerprint density at radius 2 is 2.07 bits per heavy atom. The number of hydrogen-bond donors (Lipinski definition) is 1. The largest absolute Gasteiger partial charge is 0.480 e. The minimum absolute atomic E-state index is 0.101. The van der Waals surface area contributed by atoms with Gasteiger partial charge in [-0.05, 0) is 0 Å². The number of carbonyl (C=O) groups is 1. The van der Waals surface area contributed by atoms with E-state index >= 15 is 0 Å². The van der Waals surface area contributed by atoms with E-state index < -0.39 is 11.5 Å². The van der Waals surface area contributed by atoms with Crippen LogP contribution in [-0.4, -0.2) is 61.0 Å². The van der Waals surface area contributed by atoms with Crippen molar-refractivity contribution in [2.24, 2.45) is 0 Å². The summed E-state index contributed by atoms with van der Waals surface area (Å²) in [5, 5.41) is 9.31. The number of rotatable bonds is 3. The molecule has 0 bridgehead atoms. The summed E-state index contributed by atoms with van der Waals surface area (Å²) in [4.78, 5) is 13.3. The number of methoxy groups -OCH3 is 1. The number of hydrogen-bond acceptors (Lipinski definition) is 4. The van der Waals surface area contributed by atoms with Gasteiger partial charge >= 0.3 is 5.97 Å². The van der Waals surface area contributed by atoms with Gasteiger partial charge in [-0.2, -0.15) is 0 Å². The molecule has 1 heterocycles. The first-order chi connectivity index (χ1) is 7.19. The summed E-state index contributed by atoms with van der Waals surface area (Å²) in [5.74, 6) is -0.724. The molecular formula is C10H17NO4. The van der Waals surface area contributed by atoms with E-state index in [-0.39, 0.29) is 6.10 Å². The van der Waals surface area contributed by atoms with Crippen LogP contribution >= 0.6 is 0 Å². The minimum Gasteiger partial charge on any atom is -0.480 e. The second-order valence-corrected chi connectivity index (χ2v) is 4.20. The molecule has 0 radical (unpaired) electrons. The Morgan fingerprint density at radius 1 is 1.47 bits per heavy atom. The molecule has 0 aromatic carbocycles. The number of carboxylic acids is 1. The maximum absolute atomic E-state index is 11.3. The monoisotopic (exact) mass is 215 g/mol. The number of morpholine rings is 1. The normalized spacial score (nSPS) is 37.3. The first kappa shape index (κ1) is 10.9. The maximum Gasteiger partial charge on any atom is 0.324 e. The third-order valence-corrected chi connectivity index (χ3v) is 3.48. The van der Waals surface area contributed by atoms with Crippen LogP contribution in [0.15, 0.2) is 0 Å². The van der Waals surface area contributed by atoms with Crippen LogP contribution in [0.1, 0.15) is 12.8 Å². The lowest BCUT2D eigenvalue weighted by molar-refractivity contribution is -0.176. The van der Waals surface area contributed by atoms with E-state index in [0.717, 1.165) is 0 Å². The summed E-state index contributed by atoms with van der Waals surface area (Å²) < 4.78 is 10.4. The Bertz CT molecular complexity index is 244. The molecule has 5 heteroatoms. The average molecular weight is 215 g/mol. The molecule has 15 heavy (non-hydrogen) atoms. The van der Waals surface area contributed by atoms with Gasteiger partial charge in [0.05, 0.1) is 19.3 Å². The molecule has 0 spiro atoms. The molecule has 2 fully saturated rings. The minimum atomic E-state index is -0.724. The highest BCUT2D eigenvalue weighted by Crippen LogP contribution is 2.40. The fraction of sp³-hybridized carbons (Fsp3) is 0.900. The van der Waals surface area contributed by atoms with E-state index in [1.54, 1.807) is 7.11 Å². The van der Waals surface area contributed by atoms with E-state index in [9.17, 15) is 9.90 Å². The van der Waals surface area contributed by atoms with Crippen LogP contribution in [0.25, 0.3) is 0 Å². The Labute approximate surface area is 89.0 Å². The van der Waals surface area contributed by atoms with Crippen molar-refractivity contribution in [3.63, 3.8) is 0 Å². The van der Waals surface area contributed by atoms with Crippen molar-refractivity contribution < 1.29 is 19.4 Å². The van der Waals surface area contributed by atoms with Crippen LogP contribution in [0.3, 0.4) is 0 Å². The summed E-state index contributed by atoms with van der Waals surface area (Å²) in [6.07, 6.45) is 1.29. The number of carboxylic acid groups (broad SMARTS) is 1. The summed E-state index contributed by atoms with van der Waals surface area (Å²) in [5.41, 5.74) is -0.690. The topological polar surface area (TPSA) is 59.0 Å². The van der Waals surface area contributed by atoms with Crippen LogP contribution < -0.4 is 0 Å². The van der Waals surface area contributed by atoms with E-state index in [4.69, 9.17) is 9.47 Å². The van der Waals surface area contributed by atoms with Gasteiger partial charge in [0, 0.05) is 33.0 Å². The molecule has 2 aliphatic rings. The predicted octanol–water partition coefficient (Wildman–Crippen LogP) is -0.0492. The molecule has 1 N–H and O–H groups in total. The standard InChI is InChI=1S/C10H17NO4/c1-14-8-6-10(7-8,9(12)13)11-2-4-15-5-3-11/h8H,2-7H2,1H3,(H,12,13). The average Bonchev–Trinajstić information content (AvgIpc) is 2.18. The fourth-order valence-corrected chi connectivity index (χ4v) is 2.42. The second-order valence-electron chi connectivity index (χ2n) is 4.20. The molecule has 0 unspecified atom stereocenters. The summed E-state index contributed by atoms with van der Waals surface area (Å²) in [6, 6.07) is 0. The van der Waals surface area contributed by atoms with Crippen molar-refractivity contribution >= 4 is 5.97 Å². The lowest BCUT2D eigenvalue weighted by Gasteiger charge is -2.51. The summed E-state index contributed by atoms with van der Waals surface area (Å²) >= 11 is 0. The van der Waals surface area contributed by atoms with Crippen molar-refractivity contribution in [3.05, 3.63) is 0 Å². The molecule has 86 valence electrons. The van der Waals surface area contributed by atoms with Crippen LogP contribution in [0.2, 0.25) is 0 Å². The number of ether oxygens (including phenoxy) is 2. The Hall–Kier alpha value is -0.650. The van der Waals surface area contributed by atoms with Crippen molar-refractivity contribution in [1.29, 1.82) is 0 Å². The van der Waals surface area contributed by atoms with Crippen LogP contribution in [0, 0.1) is 0 Å². The third kappa shape index (κ3) is 1.75. The first-order valence-corrected chi connectivity index (χ1v) is 5.28. The van der Waals surface area contributed by atoms with E-state index in [2.05, 4.69) is 0 Å². The van der Waals surface area contributed by atoms with Gasteiger partial charge in [0.15, 0.2) is 0 Å². The zero-order valence-corrected chi connectivity index (χ0v) is 8.94. The van der Waals surface area contributed by atoms with Gasteiger partial charge in [0.2, 0.25) is 0 Å². The van der Waals surface area contributed by atoms with Gasteiger partial charge in [-0.3, -0.25) is 9.69 Å². The lowest BCUT2D eigenvalue weighted by atomic mass is 9.72. The van der Waals surface area contributed by atoms with Crippen molar-refractivity contribution in [3.8, 4) is 0 Å². The van der Waals surface area contributed by atoms with E-state index in [0.29, 0.717) is 39.1 Å². The Morgan fingerprint density at radius 3 is 2.53 bits per heavy atom. The Balaban J connectivity index is 2.03. The molecule has 1 aliphatic carbocycles. The maximum atomic E-state index is 11.3. The molecular weight excluding hydrogens is 198 g/mol. The molecule has 0 amide bonds. The highest BCUT2D eigenvalue weighted by molar-refractivity contribution is 5.80. The molecule has 5 nitrogen and oxygen atoms in total. The Kier molecular flexibility index (Phi) is 2.95. The van der Waals surface area contributed by atoms with Gasteiger partial charge in [-0.15, -0.1) is 0 Å². The van der Waals surface area contributed by atoms with E-state index in [1.165, 1.54) is 0 Å². The highest BCUT2D eigenvalue weighted by atomic mass is 16.5. The quantitative estimate of drug-likeness (QED) is 0.715. The van der Waals surface area contributed by atoms with Crippen molar-refractivity contribution in [2.75, 3.05) is 33.4 Å². The van der Waals surface area contributed by atoms with Gasteiger partial charge in [-0.1, -0.05) is 0 Å². The lowest BCUT2D eigenvalue weighted by Crippen LogP contribution is -2.66. The van der Waals surface area contributed by atoms with Gasteiger partial charge < -0.3 is 14.6 Å². The third-order valence-electron chi connectivity index (χ3n) is 3.48. The van der Waals surface area contributed by atoms with Gasteiger partial charge in [0.25, 0.3) is 0 Å². The molecule has 0 aromatic heterocycles. The zero-order valence-electron chi connectivity index (χ0n) is 8.94. The van der Waals surface area contributed by atoms with Gasteiger partial charge in [-0.25, -0.2) is 0 Å². The molecule has 0 atom stereocenters. The van der Waals surface area contributed by atoms with Crippen LogP contribution in [-0.2, 0) is 14.3 Å². The summed E-state index contributed by atoms with van der Waals surface area (Å²) in [6.45, 7) is 2.69. The second kappa shape index (κ2) is 4.08. The molecule has 1 saturated carbocycles. The number of nitrogens with zero attached hydrogens (tertiary/aromatic N) is 1. The molecule has 2 rings (SSSR count). The van der Waals surface area contributed by atoms with Gasteiger partial charge in [0.1, 0.15) is 5.54 Å².